The van der Waals surface area contributed by atoms with Gasteiger partial charge in [0.2, 0.25) is 0 Å². The maximum absolute atomic E-state index is 4.93. The monoisotopic (exact) mass is 992 g/mol. The molecule has 0 atom stereocenters. The van der Waals surface area contributed by atoms with E-state index in [1.807, 2.05) is 0 Å². The van der Waals surface area contributed by atoms with Gasteiger partial charge in [-0.1, -0.05) is 200 Å². The molecule has 2 fully saturated rings. The van der Waals surface area contributed by atoms with Gasteiger partial charge in [-0.25, -0.2) is 0 Å². The van der Waals surface area contributed by atoms with Crippen molar-refractivity contribution in [3.8, 4) is 22.3 Å². The number of rotatable bonds is 8. The molecule has 0 unspecified atom stereocenters. The zero-order valence-corrected chi connectivity index (χ0v) is 47.0. The molecule has 6 heteroatoms. The summed E-state index contributed by atoms with van der Waals surface area (Å²) in [6, 6.07) is 42.2. The van der Waals surface area contributed by atoms with Crippen LogP contribution in [0.2, 0.25) is 52.4 Å². The van der Waals surface area contributed by atoms with Crippen LogP contribution in [0.5, 0.6) is 0 Å². The van der Waals surface area contributed by atoms with E-state index >= 15 is 0 Å². The van der Waals surface area contributed by atoms with E-state index in [2.05, 4.69) is 175 Å². The fourth-order valence-corrected chi connectivity index (χ4v) is 12.4. The molecule has 0 N–H and O–H groups in total. The predicted molar refractivity (Wildman–Crippen MR) is 284 cm³/mol. The van der Waals surface area contributed by atoms with Gasteiger partial charge in [-0.05, 0) is 60.5 Å². The first-order valence-corrected chi connectivity index (χ1v) is 39.0. The molecule has 2 saturated carbocycles. The van der Waals surface area contributed by atoms with Crippen LogP contribution < -0.4 is 10.4 Å². The average Bonchev–Trinajstić information content (AvgIpc) is 3.67. The van der Waals surface area contributed by atoms with Gasteiger partial charge in [0, 0.05) is 9.52 Å². The molecule has 6 aromatic rings. The molecule has 62 heavy (non-hydrogen) atoms. The standard InChI is InChI=1S/2C27H35Si.C2H6Si.2ClH.Zr/c2*1-27(16-7-5-6-8-17-27)20-21-18-23-10-9-11-25(26(23)19-21)22-12-14-24(15-13-22)28(2,3)4;1-3-2;;;/h2*9-15,18-19H,5-8,16-17,20H2,1-4H3;1-2H3;2*1H;/q2*-1;;;;+4/p-2. The van der Waals surface area contributed by atoms with E-state index in [1.54, 1.807) is 0 Å². The van der Waals surface area contributed by atoms with Crippen molar-refractivity contribution in [3.63, 3.8) is 0 Å². The Balaban J connectivity index is 0.000000208. The van der Waals surface area contributed by atoms with Gasteiger partial charge in [0.1, 0.15) is 0 Å². The summed E-state index contributed by atoms with van der Waals surface area (Å²) in [6.45, 7) is 23.8. The van der Waals surface area contributed by atoms with Crippen LogP contribution >= 0.6 is 17.0 Å². The Morgan fingerprint density at radius 1 is 0.516 bits per heavy atom. The predicted octanol–water partition coefficient (Wildman–Crippen LogP) is 17.5. The molecule has 2 aliphatic rings. The fraction of sp³-hybridized carbons (Fsp3) is 0.464. The Labute approximate surface area is 401 Å². The van der Waals surface area contributed by atoms with E-state index in [4.69, 9.17) is 17.0 Å². The molecule has 0 aliphatic heterocycles. The molecular weight excluding hydrogens is 919 g/mol. The first-order chi connectivity index (χ1) is 29.5. The Morgan fingerprint density at radius 2 is 0.823 bits per heavy atom. The zero-order valence-electron chi connectivity index (χ0n) is 40.0. The van der Waals surface area contributed by atoms with Crippen molar-refractivity contribution in [1.82, 2.24) is 0 Å². The van der Waals surface area contributed by atoms with Crippen molar-refractivity contribution in [3.05, 3.63) is 120 Å². The maximum atomic E-state index is 4.93. The van der Waals surface area contributed by atoms with Crippen LogP contribution in [0.1, 0.15) is 102 Å². The topological polar surface area (TPSA) is 0 Å². The van der Waals surface area contributed by atoms with Crippen LogP contribution in [0.25, 0.3) is 43.8 Å². The van der Waals surface area contributed by atoms with Crippen LogP contribution in [0.3, 0.4) is 0 Å². The minimum absolute atomic E-state index is 0.486. The molecule has 330 valence electrons. The fourth-order valence-electron chi connectivity index (χ4n) is 10.1. The van der Waals surface area contributed by atoms with Crippen molar-refractivity contribution in [1.29, 1.82) is 0 Å². The number of hydrogen-bond donors (Lipinski definition) is 0. The molecule has 0 saturated heterocycles. The van der Waals surface area contributed by atoms with Gasteiger partial charge in [-0.2, -0.15) is 12.1 Å². The molecule has 2 aliphatic carbocycles. The Morgan fingerprint density at radius 3 is 1.11 bits per heavy atom. The van der Waals surface area contributed by atoms with Crippen molar-refractivity contribution in [2.24, 2.45) is 10.8 Å². The van der Waals surface area contributed by atoms with Crippen molar-refractivity contribution in [2.45, 2.75) is 156 Å². The summed E-state index contributed by atoms with van der Waals surface area (Å²) in [4.78, 5) is 0. The average molecular weight is 996 g/mol. The van der Waals surface area contributed by atoms with Crippen LogP contribution in [0.15, 0.2) is 109 Å². The van der Waals surface area contributed by atoms with E-state index < -0.39 is 37.0 Å². The van der Waals surface area contributed by atoms with Crippen molar-refractivity contribution < 1.29 is 20.8 Å². The number of fused-ring (bicyclic) bond motifs is 2. The van der Waals surface area contributed by atoms with Crippen LogP contribution in [0, 0.1) is 10.8 Å². The SMILES string of the molecule is CC1(Cc2cc3c(-c4ccc([Si](C)(C)C)cc4)cccc3[cH-]2)CCCCCC1.CC1(Cc2cc3c(-c4ccc([Si](C)(C)C)cc4)cccc3[cH-]2)CCCCCC1.C[Si]C.[Cl][Zr+2][Cl]. The number of halogens is 2. The molecule has 6 aromatic carbocycles. The normalized spacial score (nSPS) is 16.3. The quantitative estimate of drug-likeness (QED) is 0.0810. The summed E-state index contributed by atoms with van der Waals surface area (Å²) < 4.78 is 0. The Hall–Kier alpha value is -1.79. The summed E-state index contributed by atoms with van der Waals surface area (Å²) in [5.41, 5.74) is 9.51. The number of benzene rings is 4. The third-order valence-electron chi connectivity index (χ3n) is 13.6. The Kier molecular flexibility index (Phi) is 19.5. The Bertz CT molecular complexity index is 2070. The molecule has 0 aromatic heterocycles. The molecule has 0 spiro atoms. The summed E-state index contributed by atoms with van der Waals surface area (Å²) in [5, 5.41) is 8.73. The molecule has 2 radical (unpaired) electrons. The second kappa shape index (κ2) is 23.6. The van der Waals surface area contributed by atoms with E-state index in [1.165, 1.54) is 155 Å². The van der Waals surface area contributed by atoms with Crippen molar-refractivity contribution >= 4 is 74.6 Å². The molecule has 8 rings (SSSR count). The molecule has 0 bridgehead atoms. The first-order valence-electron chi connectivity index (χ1n) is 23.6. The second-order valence-electron chi connectivity index (χ2n) is 21.4. The zero-order chi connectivity index (χ0) is 45.0. The minimum atomic E-state index is -1.24. The summed E-state index contributed by atoms with van der Waals surface area (Å²) in [5.74, 6) is 0. The van der Waals surface area contributed by atoms with Crippen molar-refractivity contribution in [2.75, 3.05) is 0 Å². The van der Waals surface area contributed by atoms with Gasteiger partial charge in [0.15, 0.2) is 0 Å². The van der Waals surface area contributed by atoms with Gasteiger partial charge in [0.25, 0.3) is 0 Å². The van der Waals surface area contributed by atoms with Gasteiger partial charge < -0.3 is 0 Å². The summed E-state index contributed by atoms with van der Waals surface area (Å²) in [7, 11) is 8.46. The molecular formula is C56H76Cl2Si3Zr. The van der Waals surface area contributed by atoms with E-state index in [9.17, 15) is 0 Å². The number of hydrogen-bond acceptors (Lipinski definition) is 0. The second-order valence-corrected chi connectivity index (χ2v) is 36.3. The van der Waals surface area contributed by atoms with Gasteiger partial charge in [-0.15, -0.1) is 69.1 Å². The van der Waals surface area contributed by atoms with Gasteiger partial charge in [0.05, 0.1) is 16.1 Å². The first kappa shape index (κ1) is 51.2. The van der Waals surface area contributed by atoms with Gasteiger partial charge >= 0.3 is 37.9 Å². The van der Waals surface area contributed by atoms with E-state index in [0.29, 0.717) is 10.8 Å². The molecule has 0 heterocycles. The van der Waals surface area contributed by atoms with E-state index in [0.717, 1.165) is 9.52 Å². The molecule has 0 nitrogen and oxygen atoms in total. The summed E-state index contributed by atoms with van der Waals surface area (Å²) >= 11 is -0.826. The van der Waals surface area contributed by atoms with Crippen LogP contribution in [-0.4, -0.2) is 25.7 Å². The molecule has 0 amide bonds. The third-order valence-corrected chi connectivity index (χ3v) is 17.8. The van der Waals surface area contributed by atoms with Gasteiger partial charge in [-0.3, -0.25) is 0 Å². The summed E-state index contributed by atoms with van der Waals surface area (Å²) in [6.07, 6.45) is 19.4. The van der Waals surface area contributed by atoms with Crippen LogP contribution in [0.4, 0.5) is 0 Å². The van der Waals surface area contributed by atoms with Crippen LogP contribution in [-0.2, 0) is 33.7 Å². The van der Waals surface area contributed by atoms with E-state index in [-0.39, 0.29) is 0 Å². The third kappa shape index (κ3) is 14.6.